The van der Waals surface area contributed by atoms with Gasteiger partial charge in [-0.2, -0.15) is 0 Å². The lowest BCUT2D eigenvalue weighted by atomic mass is 10.1. The molecule has 1 aromatic carbocycles. The fourth-order valence-electron chi connectivity index (χ4n) is 1.73. The minimum atomic E-state index is -0.655. The summed E-state index contributed by atoms with van der Waals surface area (Å²) in [6.07, 6.45) is 0.743. The van der Waals surface area contributed by atoms with Crippen LogP contribution in [-0.2, 0) is 4.79 Å². The molecule has 0 saturated carbocycles. The first-order chi connectivity index (χ1) is 9.45. The minimum Gasteiger partial charge on any atom is -0.481 e. The summed E-state index contributed by atoms with van der Waals surface area (Å²) in [6.45, 7) is 6.10. The first-order valence-electron chi connectivity index (χ1n) is 6.87. The average molecular weight is 344 g/mol. The van der Waals surface area contributed by atoms with Crippen molar-refractivity contribution >= 4 is 21.8 Å². The number of unbranched alkanes of at least 4 members (excludes halogenated alkanes) is 1. The molecular weight excluding hydrogens is 322 g/mol. The second-order valence-electron chi connectivity index (χ2n) is 4.76. The van der Waals surface area contributed by atoms with Crippen molar-refractivity contribution in [2.24, 2.45) is 0 Å². The molecule has 1 amide bonds. The van der Waals surface area contributed by atoms with E-state index in [1.807, 2.05) is 6.07 Å². The summed E-state index contributed by atoms with van der Waals surface area (Å²) in [7, 11) is 0. The molecule has 0 aliphatic rings. The summed E-state index contributed by atoms with van der Waals surface area (Å²) in [5.41, 5.74) is 0.660. The summed E-state index contributed by atoms with van der Waals surface area (Å²) >= 11 is 3.36. The van der Waals surface area contributed by atoms with Crippen LogP contribution in [0.4, 0.5) is 0 Å². The number of carbonyl (C=O) groups is 1. The summed E-state index contributed by atoms with van der Waals surface area (Å²) < 4.78 is 6.52. The van der Waals surface area contributed by atoms with Gasteiger partial charge in [-0.1, -0.05) is 29.3 Å². The van der Waals surface area contributed by atoms with E-state index in [2.05, 4.69) is 28.2 Å². The third-order valence-corrected chi connectivity index (χ3v) is 3.42. The second kappa shape index (κ2) is 8.27. The number of hydrogen-bond acceptors (Lipinski definition) is 3. The average Bonchev–Trinajstić information content (AvgIpc) is 2.40. The van der Waals surface area contributed by atoms with Gasteiger partial charge in [0.1, 0.15) is 5.75 Å². The number of hydrogen-bond donors (Lipinski definition) is 2. The van der Waals surface area contributed by atoms with E-state index in [0.29, 0.717) is 17.9 Å². The van der Waals surface area contributed by atoms with Crippen LogP contribution < -0.4 is 10.1 Å². The van der Waals surface area contributed by atoms with Crippen molar-refractivity contribution in [2.75, 3.05) is 6.54 Å². The van der Waals surface area contributed by atoms with Gasteiger partial charge in [0.2, 0.25) is 0 Å². The Bertz CT molecular complexity index is 449. The highest BCUT2D eigenvalue weighted by molar-refractivity contribution is 9.10. The lowest BCUT2D eigenvalue weighted by Crippen LogP contribution is -2.37. The van der Waals surface area contributed by atoms with Gasteiger partial charge in [-0.05, 0) is 38.5 Å². The Labute approximate surface area is 128 Å². The van der Waals surface area contributed by atoms with Crippen molar-refractivity contribution in [3.63, 3.8) is 0 Å². The highest BCUT2D eigenvalue weighted by Crippen LogP contribution is 2.29. The van der Waals surface area contributed by atoms with Crippen molar-refractivity contribution in [3.8, 4) is 5.75 Å². The van der Waals surface area contributed by atoms with Crippen LogP contribution in [0.3, 0.4) is 0 Å². The highest BCUT2D eigenvalue weighted by Gasteiger charge is 2.17. The monoisotopic (exact) mass is 343 g/mol. The number of nitrogens with one attached hydrogen (secondary N) is 1. The molecule has 0 fully saturated rings. The van der Waals surface area contributed by atoms with Gasteiger partial charge < -0.3 is 15.2 Å². The third kappa shape index (κ3) is 5.13. The maximum absolute atomic E-state index is 11.9. The predicted octanol–water partition coefficient (Wildman–Crippen LogP) is 3.19. The van der Waals surface area contributed by atoms with Crippen LogP contribution in [0, 0.1) is 0 Å². The SMILES string of the molecule is CCCCNC(=O)C(C)Oc1ccc(Br)cc1[C@@H](C)O. The highest BCUT2D eigenvalue weighted by atomic mass is 79.9. The Morgan fingerprint density at radius 3 is 2.75 bits per heavy atom. The van der Waals surface area contributed by atoms with E-state index < -0.39 is 12.2 Å². The van der Waals surface area contributed by atoms with E-state index in [-0.39, 0.29) is 5.91 Å². The van der Waals surface area contributed by atoms with Gasteiger partial charge in [-0.3, -0.25) is 4.79 Å². The molecule has 0 saturated heterocycles. The minimum absolute atomic E-state index is 0.141. The van der Waals surface area contributed by atoms with Crippen LogP contribution >= 0.6 is 15.9 Å². The van der Waals surface area contributed by atoms with E-state index in [4.69, 9.17) is 4.74 Å². The molecule has 1 unspecified atom stereocenters. The van der Waals surface area contributed by atoms with Gasteiger partial charge >= 0.3 is 0 Å². The zero-order valence-corrected chi connectivity index (χ0v) is 13.7. The number of aliphatic hydroxyl groups excluding tert-OH is 1. The fraction of sp³-hybridized carbons (Fsp3) is 0.533. The number of ether oxygens (including phenoxy) is 1. The molecule has 2 N–H and O–H groups in total. The molecule has 2 atom stereocenters. The molecule has 1 aromatic rings. The molecule has 5 heteroatoms. The standard InChI is InChI=1S/C15H22BrNO3/c1-4-5-8-17-15(19)11(3)20-14-7-6-12(16)9-13(14)10(2)18/h6-7,9-11,18H,4-5,8H2,1-3H3,(H,17,19)/t10-,11?/m1/s1. The molecule has 0 aliphatic heterocycles. The predicted molar refractivity (Wildman–Crippen MR) is 82.8 cm³/mol. The van der Waals surface area contributed by atoms with E-state index in [1.165, 1.54) is 0 Å². The first-order valence-corrected chi connectivity index (χ1v) is 7.66. The molecule has 0 heterocycles. The lowest BCUT2D eigenvalue weighted by molar-refractivity contribution is -0.127. The van der Waals surface area contributed by atoms with Gasteiger partial charge in [0.15, 0.2) is 6.10 Å². The number of amides is 1. The van der Waals surface area contributed by atoms with Crippen LogP contribution in [0.5, 0.6) is 5.75 Å². The summed E-state index contributed by atoms with van der Waals surface area (Å²) in [6, 6.07) is 5.37. The van der Waals surface area contributed by atoms with Gasteiger partial charge in [0, 0.05) is 16.6 Å². The van der Waals surface area contributed by atoms with Crippen LogP contribution in [0.2, 0.25) is 0 Å². The van der Waals surface area contributed by atoms with Crippen LogP contribution in [0.25, 0.3) is 0 Å². The maximum Gasteiger partial charge on any atom is 0.260 e. The van der Waals surface area contributed by atoms with Gasteiger partial charge in [-0.25, -0.2) is 0 Å². The van der Waals surface area contributed by atoms with Crippen molar-refractivity contribution in [1.82, 2.24) is 5.32 Å². The van der Waals surface area contributed by atoms with Gasteiger partial charge in [-0.15, -0.1) is 0 Å². The van der Waals surface area contributed by atoms with Crippen LogP contribution in [0.15, 0.2) is 22.7 Å². The normalized spacial score (nSPS) is 13.7. The number of aliphatic hydroxyl groups is 1. The summed E-state index contributed by atoms with van der Waals surface area (Å²) in [5, 5.41) is 12.6. The molecule has 0 spiro atoms. The Morgan fingerprint density at radius 2 is 2.15 bits per heavy atom. The zero-order chi connectivity index (χ0) is 15.1. The summed E-state index contributed by atoms with van der Waals surface area (Å²) in [4.78, 5) is 11.9. The van der Waals surface area contributed by atoms with Crippen LogP contribution in [0.1, 0.15) is 45.3 Å². The number of rotatable bonds is 7. The van der Waals surface area contributed by atoms with E-state index in [9.17, 15) is 9.90 Å². The lowest BCUT2D eigenvalue weighted by Gasteiger charge is -2.18. The molecule has 112 valence electrons. The number of carbonyl (C=O) groups excluding carboxylic acids is 1. The van der Waals surface area contributed by atoms with E-state index in [1.54, 1.807) is 26.0 Å². The maximum atomic E-state index is 11.9. The van der Waals surface area contributed by atoms with E-state index >= 15 is 0 Å². The Kier molecular flexibility index (Phi) is 7.02. The first kappa shape index (κ1) is 17.0. The van der Waals surface area contributed by atoms with Crippen LogP contribution in [-0.4, -0.2) is 23.7 Å². The van der Waals surface area contributed by atoms with Crippen molar-refractivity contribution in [2.45, 2.75) is 45.8 Å². The molecule has 0 radical (unpaired) electrons. The zero-order valence-electron chi connectivity index (χ0n) is 12.1. The van der Waals surface area contributed by atoms with E-state index in [0.717, 1.165) is 17.3 Å². The molecule has 20 heavy (non-hydrogen) atoms. The molecular formula is C15H22BrNO3. The Morgan fingerprint density at radius 1 is 1.45 bits per heavy atom. The molecule has 4 nitrogen and oxygen atoms in total. The number of benzene rings is 1. The topological polar surface area (TPSA) is 58.6 Å². The smallest absolute Gasteiger partial charge is 0.260 e. The molecule has 0 aromatic heterocycles. The van der Waals surface area contributed by atoms with Gasteiger partial charge in [0.05, 0.1) is 6.10 Å². The molecule has 1 rings (SSSR count). The Balaban J connectivity index is 2.70. The van der Waals surface area contributed by atoms with Gasteiger partial charge in [0.25, 0.3) is 5.91 Å². The van der Waals surface area contributed by atoms with Crippen molar-refractivity contribution in [3.05, 3.63) is 28.2 Å². The quantitative estimate of drug-likeness (QED) is 0.747. The second-order valence-corrected chi connectivity index (χ2v) is 5.68. The van der Waals surface area contributed by atoms with Crippen molar-refractivity contribution in [1.29, 1.82) is 0 Å². The summed E-state index contributed by atoms with van der Waals surface area (Å²) in [5.74, 6) is 0.388. The fourth-order valence-corrected chi connectivity index (χ4v) is 2.11. The molecule has 0 bridgehead atoms. The largest absolute Gasteiger partial charge is 0.481 e. The Hall–Kier alpha value is -1.07. The third-order valence-electron chi connectivity index (χ3n) is 2.92. The molecule has 0 aliphatic carbocycles. The van der Waals surface area contributed by atoms with Crippen molar-refractivity contribution < 1.29 is 14.6 Å². The number of halogens is 1.